The Labute approximate surface area is 248 Å². The SMILES string of the molecule is Cc1c(Cl)ccc(S(=O)(=O)N(CCc2ccccc2)CC(=O)NCC(=O)N(CCCCN)CCCN(C)C)c1Cl. The topological polar surface area (TPSA) is 116 Å². The molecule has 0 atom stereocenters. The molecule has 0 aliphatic heterocycles. The van der Waals surface area contributed by atoms with Crippen LogP contribution in [0.4, 0.5) is 0 Å². The lowest BCUT2D eigenvalue weighted by molar-refractivity contribution is -0.133. The molecule has 9 nitrogen and oxygen atoms in total. The number of hydrogen-bond donors (Lipinski definition) is 2. The number of hydrogen-bond acceptors (Lipinski definition) is 6. The quantitative estimate of drug-likeness (QED) is 0.265. The van der Waals surface area contributed by atoms with Gasteiger partial charge in [0.05, 0.1) is 18.1 Å². The van der Waals surface area contributed by atoms with Crippen LogP contribution in [-0.4, -0.2) is 94.2 Å². The highest BCUT2D eigenvalue weighted by Crippen LogP contribution is 2.32. The number of nitrogens with zero attached hydrogens (tertiary/aromatic N) is 3. The molecule has 0 bridgehead atoms. The first kappa shape index (κ1) is 34.0. The van der Waals surface area contributed by atoms with Crippen LogP contribution in [0.15, 0.2) is 47.4 Å². The lowest BCUT2D eigenvalue weighted by Gasteiger charge is -2.25. The summed E-state index contributed by atoms with van der Waals surface area (Å²) in [7, 11) is -0.218. The Morgan fingerprint density at radius 1 is 0.925 bits per heavy atom. The minimum absolute atomic E-state index is 0.0126. The maximum atomic E-state index is 13.7. The van der Waals surface area contributed by atoms with Crippen molar-refractivity contribution in [2.45, 2.75) is 37.5 Å². The van der Waals surface area contributed by atoms with Crippen LogP contribution in [0.1, 0.15) is 30.4 Å². The van der Waals surface area contributed by atoms with Crippen LogP contribution >= 0.6 is 23.2 Å². The molecule has 2 rings (SSSR count). The van der Waals surface area contributed by atoms with E-state index >= 15 is 0 Å². The van der Waals surface area contributed by atoms with E-state index < -0.39 is 22.5 Å². The van der Waals surface area contributed by atoms with Crippen LogP contribution in [-0.2, 0) is 26.0 Å². The highest BCUT2D eigenvalue weighted by Gasteiger charge is 2.30. The molecular weight excluding hydrogens is 573 g/mol. The van der Waals surface area contributed by atoms with Crippen molar-refractivity contribution in [1.82, 2.24) is 19.4 Å². The van der Waals surface area contributed by atoms with Gasteiger partial charge in [-0.15, -0.1) is 0 Å². The Hall–Kier alpha value is -2.21. The molecule has 3 N–H and O–H groups in total. The third-order valence-corrected chi connectivity index (χ3v) is 9.32. The van der Waals surface area contributed by atoms with Crippen molar-refractivity contribution in [1.29, 1.82) is 0 Å². The van der Waals surface area contributed by atoms with Gasteiger partial charge in [0.1, 0.15) is 4.90 Å². The van der Waals surface area contributed by atoms with Gasteiger partial charge in [-0.1, -0.05) is 53.5 Å². The lowest BCUT2D eigenvalue weighted by atomic mass is 10.1. The molecule has 12 heteroatoms. The fraction of sp³-hybridized carbons (Fsp3) is 0.500. The van der Waals surface area contributed by atoms with Crippen molar-refractivity contribution in [2.75, 3.05) is 59.9 Å². The van der Waals surface area contributed by atoms with Gasteiger partial charge in [0, 0.05) is 24.7 Å². The van der Waals surface area contributed by atoms with E-state index in [1.54, 1.807) is 11.8 Å². The summed E-state index contributed by atoms with van der Waals surface area (Å²) >= 11 is 12.5. The molecule has 0 radical (unpaired) electrons. The minimum Gasteiger partial charge on any atom is -0.346 e. The molecule has 0 unspecified atom stereocenters. The van der Waals surface area contributed by atoms with E-state index in [1.807, 2.05) is 49.3 Å². The van der Waals surface area contributed by atoms with E-state index in [1.165, 1.54) is 12.1 Å². The number of rotatable bonds is 17. The summed E-state index contributed by atoms with van der Waals surface area (Å²) in [6, 6.07) is 12.2. The maximum Gasteiger partial charge on any atom is 0.245 e. The molecular formula is C28H41Cl2N5O4S. The number of nitrogens with two attached hydrogens (primary N) is 1. The van der Waals surface area contributed by atoms with E-state index in [-0.39, 0.29) is 28.9 Å². The molecule has 2 aromatic carbocycles. The highest BCUT2D eigenvalue weighted by atomic mass is 35.5. The summed E-state index contributed by atoms with van der Waals surface area (Å²) < 4.78 is 28.4. The zero-order valence-electron chi connectivity index (χ0n) is 23.5. The summed E-state index contributed by atoms with van der Waals surface area (Å²) in [5, 5.41) is 2.97. The number of carbonyl (C=O) groups excluding carboxylic acids is 2. The predicted octanol–water partition coefficient (Wildman–Crippen LogP) is 3.17. The predicted molar refractivity (Wildman–Crippen MR) is 161 cm³/mol. The molecule has 0 aliphatic carbocycles. The number of carbonyl (C=O) groups is 2. The summed E-state index contributed by atoms with van der Waals surface area (Å²) in [6.07, 6.45) is 2.75. The van der Waals surface area contributed by atoms with E-state index in [2.05, 4.69) is 5.32 Å². The normalized spacial score (nSPS) is 11.7. The van der Waals surface area contributed by atoms with Gasteiger partial charge in [0.25, 0.3) is 0 Å². The summed E-state index contributed by atoms with van der Waals surface area (Å²) in [4.78, 5) is 29.6. The number of amides is 2. The van der Waals surface area contributed by atoms with E-state index in [9.17, 15) is 18.0 Å². The average Bonchev–Trinajstić information content (AvgIpc) is 2.92. The van der Waals surface area contributed by atoms with Crippen molar-refractivity contribution >= 4 is 45.0 Å². The molecule has 0 aromatic heterocycles. The molecule has 0 saturated carbocycles. The zero-order chi connectivity index (χ0) is 29.7. The molecule has 40 heavy (non-hydrogen) atoms. The number of halogens is 2. The van der Waals surface area contributed by atoms with Crippen molar-refractivity contribution in [3.05, 3.63) is 63.6 Å². The number of benzene rings is 2. The second kappa shape index (κ2) is 16.9. The van der Waals surface area contributed by atoms with Crippen LogP contribution < -0.4 is 11.1 Å². The van der Waals surface area contributed by atoms with E-state index in [0.29, 0.717) is 36.6 Å². The van der Waals surface area contributed by atoms with Crippen LogP contribution in [0.3, 0.4) is 0 Å². The maximum absolute atomic E-state index is 13.7. The molecule has 0 spiro atoms. The van der Waals surface area contributed by atoms with Crippen LogP contribution in [0.5, 0.6) is 0 Å². The summed E-state index contributed by atoms with van der Waals surface area (Å²) in [5.41, 5.74) is 6.96. The Morgan fingerprint density at radius 3 is 2.25 bits per heavy atom. The minimum atomic E-state index is -4.16. The first-order valence-corrected chi connectivity index (χ1v) is 15.5. The van der Waals surface area contributed by atoms with E-state index in [0.717, 1.165) is 35.7 Å². The van der Waals surface area contributed by atoms with Crippen molar-refractivity contribution in [3.8, 4) is 0 Å². The highest BCUT2D eigenvalue weighted by molar-refractivity contribution is 7.89. The second-order valence-corrected chi connectivity index (χ2v) is 12.6. The third-order valence-electron chi connectivity index (χ3n) is 6.42. The molecule has 0 saturated heterocycles. The smallest absolute Gasteiger partial charge is 0.245 e. The molecule has 2 aromatic rings. The van der Waals surface area contributed by atoms with Gasteiger partial charge in [-0.2, -0.15) is 4.31 Å². The van der Waals surface area contributed by atoms with Gasteiger partial charge in [0.2, 0.25) is 21.8 Å². The fourth-order valence-electron chi connectivity index (χ4n) is 4.05. The largest absolute Gasteiger partial charge is 0.346 e. The third kappa shape index (κ3) is 10.6. The summed E-state index contributed by atoms with van der Waals surface area (Å²) in [6.45, 7) is 3.46. The zero-order valence-corrected chi connectivity index (χ0v) is 25.9. The first-order chi connectivity index (χ1) is 19.0. The van der Waals surface area contributed by atoms with Crippen molar-refractivity contribution in [2.24, 2.45) is 5.73 Å². The average molecular weight is 615 g/mol. The molecule has 0 aliphatic rings. The van der Waals surface area contributed by atoms with Crippen molar-refractivity contribution in [3.63, 3.8) is 0 Å². The molecule has 222 valence electrons. The monoisotopic (exact) mass is 613 g/mol. The van der Waals surface area contributed by atoms with Crippen LogP contribution in [0, 0.1) is 6.92 Å². The Balaban J connectivity index is 2.15. The number of nitrogens with one attached hydrogen (secondary N) is 1. The van der Waals surface area contributed by atoms with Gasteiger partial charge in [-0.05, 0) is 83.1 Å². The van der Waals surface area contributed by atoms with E-state index in [4.69, 9.17) is 28.9 Å². The molecule has 2 amide bonds. The number of sulfonamides is 1. The van der Waals surface area contributed by atoms with Gasteiger partial charge >= 0.3 is 0 Å². The second-order valence-electron chi connectivity index (χ2n) is 9.87. The van der Waals surface area contributed by atoms with Gasteiger partial charge in [0.15, 0.2) is 0 Å². The standard InChI is InChI=1S/C28H41Cl2N5O4S/c1-22-24(29)12-13-25(28(22)30)40(38,39)35(19-14-23-10-5-4-6-11-23)21-26(36)32-20-27(37)34(17-8-7-15-31)18-9-16-33(2)3/h4-6,10-13H,7-9,14-21,31H2,1-3H3,(H,32,36). The number of unbranched alkanes of at least 4 members (excludes halogenated alkanes) is 1. The van der Waals surface area contributed by atoms with Crippen molar-refractivity contribution < 1.29 is 18.0 Å². The van der Waals surface area contributed by atoms with Gasteiger partial charge in [-0.25, -0.2) is 8.42 Å². The van der Waals surface area contributed by atoms with Gasteiger partial charge < -0.3 is 20.9 Å². The van der Waals surface area contributed by atoms with Crippen LogP contribution in [0.2, 0.25) is 10.0 Å². The van der Waals surface area contributed by atoms with Crippen LogP contribution in [0.25, 0.3) is 0 Å². The first-order valence-electron chi connectivity index (χ1n) is 13.3. The Bertz CT molecular complexity index is 1210. The molecule has 0 heterocycles. The summed E-state index contributed by atoms with van der Waals surface area (Å²) in [5.74, 6) is -0.804. The lowest BCUT2D eigenvalue weighted by Crippen LogP contribution is -2.46. The Morgan fingerprint density at radius 2 is 1.60 bits per heavy atom. The van der Waals surface area contributed by atoms with Gasteiger partial charge in [-0.3, -0.25) is 9.59 Å². The molecule has 0 fully saturated rings. The Kier molecular flexibility index (Phi) is 14.4. The fourth-order valence-corrected chi connectivity index (χ4v) is 6.23.